The maximum absolute atomic E-state index is 14.7. The summed E-state index contributed by atoms with van der Waals surface area (Å²) in [6.45, 7) is 2.09. The number of aromatic nitrogens is 2. The maximum atomic E-state index is 14.7. The Morgan fingerprint density at radius 1 is 1.36 bits per heavy atom. The summed E-state index contributed by atoms with van der Waals surface area (Å²) in [6, 6.07) is 2.34. The molecule has 2 N–H and O–H groups in total. The molecule has 3 rings (SSSR count). The van der Waals surface area contributed by atoms with Gasteiger partial charge in [0.1, 0.15) is 0 Å². The van der Waals surface area contributed by atoms with Crippen LogP contribution in [0, 0.1) is 0 Å². The summed E-state index contributed by atoms with van der Waals surface area (Å²) < 4.78 is 57.9. The van der Waals surface area contributed by atoms with Crippen molar-refractivity contribution in [2.75, 3.05) is 24.3 Å². The number of nitrogens with one attached hydrogen (secondary N) is 2. The number of aromatic amines is 1. The third kappa shape index (κ3) is 3.85. The molecule has 28 heavy (non-hydrogen) atoms. The Bertz CT molecular complexity index is 1160. The number of sulfonamides is 1. The second kappa shape index (κ2) is 7.13. The number of nitrogens with zero attached hydrogens (tertiary/aromatic N) is 1. The average Bonchev–Trinajstić information content (AvgIpc) is 3.11. The predicted octanol–water partition coefficient (Wildman–Crippen LogP) is 1.36. The topological polar surface area (TPSA) is 110 Å². The van der Waals surface area contributed by atoms with Crippen LogP contribution < -0.4 is 16.1 Å². The molecule has 1 atom stereocenters. The number of rotatable bonds is 5. The van der Waals surface area contributed by atoms with Crippen molar-refractivity contribution in [1.82, 2.24) is 9.66 Å². The Balaban J connectivity index is 2.33. The molecule has 0 radical (unpaired) electrons. The monoisotopic (exact) mass is 415 g/mol. The highest BCUT2D eigenvalue weighted by Crippen LogP contribution is 2.39. The summed E-state index contributed by atoms with van der Waals surface area (Å²) in [5.74, 6) is -3.67. The van der Waals surface area contributed by atoms with Crippen molar-refractivity contribution < 1.29 is 21.9 Å². The number of ether oxygens (including phenoxy) is 1. The van der Waals surface area contributed by atoms with E-state index in [1.165, 1.54) is 19.1 Å². The summed E-state index contributed by atoms with van der Waals surface area (Å²) in [6.07, 6.45) is 3.24. The second-order valence-corrected chi connectivity index (χ2v) is 8.33. The number of hydrogen-bond donors (Lipinski definition) is 2. The molecule has 1 saturated heterocycles. The van der Waals surface area contributed by atoms with Crippen LogP contribution in [0.2, 0.25) is 0 Å². The van der Waals surface area contributed by atoms with E-state index < -0.39 is 27.2 Å². The fourth-order valence-corrected chi connectivity index (χ4v) is 3.73. The summed E-state index contributed by atoms with van der Waals surface area (Å²) in [7, 11) is -3.91. The lowest BCUT2D eigenvalue weighted by Crippen LogP contribution is -2.43. The third-order valence-electron chi connectivity index (χ3n) is 4.43. The van der Waals surface area contributed by atoms with Crippen LogP contribution in [0.1, 0.15) is 30.4 Å². The first-order valence-electron chi connectivity index (χ1n) is 8.44. The van der Waals surface area contributed by atoms with Crippen LogP contribution in [0.25, 0.3) is 10.9 Å². The maximum Gasteiger partial charge on any atom is 0.348 e. The van der Waals surface area contributed by atoms with Crippen molar-refractivity contribution in [3.05, 3.63) is 56.2 Å². The van der Waals surface area contributed by atoms with Gasteiger partial charge in [0.15, 0.2) is 0 Å². The van der Waals surface area contributed by atoms with E-state index in [2.05, 4.69) is 4.98 Å². The van der Waals surface area contributed by atoms with E-state index in [0.29, 0.717) is 17.7 Å². The highest BCUT2D eigenvalue weighted by molar-refractivity contribution is 7.91. The average molecular weight is 415 g/mol. The van der Waals surface area contributed by atoms with E-state index in [-0.39, 0.29) is 34.6 Å². The van der Waals surface area contributed by atoms with Gasteiger partial charge in [-0.3, -0.25) is 4.79 Å². The molecular weight excluding hydrogens is 396 g/mol. The van der Waals surface area contributed by atoms with Crippen LogP contribution in [0.5, 0.6) is 0 Å². The molecule has 1 unspecified atom stereocenters. The van der Waals surface area contributed by atoms with Crippen molar-refractivity contribution >= 4 is 20.9 Å². The molecular formula is C17H19F2N3O5S. The van der Waals surface area contributed by atoms with Gasteiger partial charge in [-0.25, -0.2) is 18.0 Å². The summed E-state index contributed by atoms with van der Waals surface area (Å²) >= 11 is 0. The number of alkyl halides is 2. The number of hydrogen-bond acceptors (Lipinski definition) is 5. The first-order valence-corrected chi connectivity index (χ1v) is 10.3. The Morgan fingerprint density at radius 3 is 2.64 bits per heavy atom. The lowest BCUT2D eigenvalue weighted by molar-refractivity contribution is 0.0506. The van der Waals surface area contributed by atoms with E-state index in [9.17, 15) is 26.8 Å². The Labute approximate surface area is 158 Å². The number of halogens is 2. The second-order valence-electron chi connectivity index (χ2n) is 6.60. The first-order chi connectivity index (χ1) is 13.0. The molecule has 0 bridgehead atoms. The van der Waals surface area contributed by atoms with Gasteiger partial charge in [-0.15, -0.1) is 0 Å². The van der Waals surface area contributed by atoms with E-state index in [0.717, 1.165) is 18.4 Å². The molecule has 2 heterocycles. The quantitative estimate of drug-likeness (QED) is 0.717. The SMILES string of the molecule is CC=CC(F)(F)c1cc2[nH]c(=O)n(NS(C)(=O)=O)c(=O)c2cc1C1CCOC1. The van der Waals surface area contributed by atoms with E-state index in [1.807, 2.05) is 4.83 Å². The van der Waals surface area contributed by atoms with Crippen LogP contribution >= 0.6 is 0 Å². The first kappa shape index (κ1) is 20.2. The minimum Gasteiger partial charge on any atom is -0.381 e. The zero-order chi connectivity index (χ0) is 20.7. The molecule has 0 saturated carbocycles. The molecule has 1 aromatic carbocycles. The fraction of sp³-hybridized carbons (Fsp3) is 0.412. The zero-order valence-corrected chi connectivity index (χ0v) is 16.0. The van der Waals surface area contributed by atoms with Crippen LogP contribution in [-0.4, -0.2) is 37.5 Å². The van der Waals surface area contributed by atoms with Gasteiger partial charge in [-0.1, -0.05) is 6.08 Å². The van der Waals surface area contributed by atoms with Crippen LogP contribution in [0.15, 0.2) is 33.9 Å². The largest absolute Gasteiger partial charge is 0.381 e. The number of benzene rings is 1. The third-order valence-corrected chi connectivity index (χ3v) is 4.94. The number of allylic oxidation sites excluding steroid dienone is 2. The number of fused-ring (bicyclic) bond motifs is 1. The predicted molar refractivity (Wildman–Crippen MR) is 99.9 cm³/mol. The Kier molecular flexibility index (Phi) is 5.15. The standard InChI is InChI=1S/C17H19F2N3O5S/c1-3-5-17(18,19)13-8-14-12(7-11(13)10-4-6-27-9-10)15(23)22(16(24)20-14)21-28(2,25)26/h3,5,7-8,10,21H,4,6,9H2,1-2H3,(H,20,24). The summed E-state index contributed by atoms with van der Waals surface area (Å²) in [4.78, 5) is 28.9. The van der Waals surface area contributed by atoms with E-state index in [1.54, 1.807) is 0 Å². The van der Waals surface area contributed by atoms with Gasteiger partial charge in [0.05, 0.1) is 23.8 Å². The minimum absolute atomic E-state index is 0.0855. The zero-order valence-electron chi connectivity index (χ0n) is 15.2. The summed E-state index contributed by atoms with van der Waals surface area (Å²) in [5.41, 5.74) is -2.26. The van der Waals surface area contributed by atoms with Crippen molar-refractivity contribution in [3.63, 3.8) is 0 Å². The van der Waals surface area contributed by atoms with Gasteiger partial charge in [0.25, 0.3) is 11.5 Å². The molecule has 0 spiro atoms. The van der Waals surface area contributed by atoms with E-state index >= 15 is 0 Å². The van der Waals surface area contributed by atoms with Crippen LogP contribution in [0.3, 0.4) is 0 Å². The van der Waals surface area contributed by atoms with Gasteiger partial charge in [0, 0.05) is 18.1 Å². The van der Waals surface area contributed by atoms with Gasteiger partial charge in [-0.2, -0.15) is 13.5 Å². The normalized spacial score (nSPS) is 18.2. The lowest BCUT2D eigenvalue weighted by Gasteiger charge is -2.21. The van der Waals surface area contributed by atoms with Crippen molar-refractivity contribution in [1.29, 1.82) is 0 Å². The Morgan fingerprint density at radius 2 is 2.07 bits per heavy atom. The highest BCUT2D eigenvalue weighted by atomic mass is 32.2. The van der Waals surface area contributed by atoms with Gasteiger partial charge in [0.2, 0.25) is 10.0 Å². The molecule has 8 nitrogen and oxygen atoms in total. The van der Waals surface area contributed by atoms with Gasteiger partial charge in [-0.05, 0) is 37.1 Å². The Hall–Kier alpha value is -2.53. The molecule has 1 aliphatic heterocycles. The molecule has 1 aromatic heterocycles. The van der Waals surface area contributed by atoms with Crippen molar-refractivity contribution in [2.45, 2.75) is 25.2 Å². The molecule has 152 valence electrons. The van der Waals surface area contributed by atoms with Crippen molar-refractivity contribution in [2.24, 2.45) is 0 Å². The number of H-pyrrole nitrogens is 1. The smallest absolute Gasteiger partial charge is 0.348 e. The molecule has 11 heteroatoms. The molecule has 0 aliphatic carbocycles. The highest BCUT2D eigenvalue weighted by Gasteiger charge is 2.35. The fourth-order valence-electron chi connectivity index (χ4n) is 3.23. The van der Waals surface area contributed by atoms with Crippen LogP contribution in [0.4, 0.5) is 8.78 Å². The van der Waals surface area contributed by atoms with Gasteiger partial charge < -0.3 is 9.72 Å². The van der Waals surface area contributed by atoms with Crippen molar-refractivity contribution in [3.8, 4) is 0 Å². The molecule has 1 aliphatic rings. The van der Waals surface area contributed by atoms with E-state index in [4.69, 9.17) is 4.74 Å². The van der Waals surface area contributed by atoms with Crippen LogP contribution in [-0.2, 0) is 20.7 Å². The van der Waals surface area contributed by atoms with Gasteiger partial charge >= 0.3 is 5.69 Å². The molecule has 1 fully saturated rings. The lowest BCUT2D eigenvalue weighted by atomic mass is 9.89. The minimum atomic E-state index is -3.91. The molecule has 0 amide bonds. The molecule has 2 aromatic rings. The summed E-state index contributed by atoms with van der Waals surface area (Å²) in [5, 5.41) is -0.0855.